The van der Waals surface area contributed by atoms with Gasteiger partial charge in [-0.2, -0.15) is 0 Å². The number of carbonyl (C=O) groups is 2. The molecule has 0 saturated carbocycles. The van der Waals surface area contributed by atoms with E-state index in [-0.39, 0.29) is 29.9 Å². The maximum atomic E-state index is 11.8. The zero-order valence-electron chi connectivity index (χ0n) is 11.4. The molecule has 0 aliphatic carbocycles. The first-order chi connectivity index (χ1) is 9.18. The van der Waals surface area contributed by atoms with Crippen molar-refractivity contribution < 1.29 is 33.3 Å². The van der Waals surface area contributed by atoms with Crippen molar-refractivity contribution in [2.45, 2.75) is 13.8 Å². The van der Waals surface area contributed by atoms with E-state index in [4.69, 9.17) is 5.11 Å². The third-order valence-electron chi connectivity index (χ3n) is 2.37. The SMILES string of the molecule is CC.O=C(C(=O)c1ccc(O)cc1)c1ccccc1.[V]. The summed E-state index contributed by atoms with van der Waals surface area (Å²) in [4.78, 5) is 23.6. The molecule has 4 heteroatoms. The summed E-state index contributed by atoms with van der Waals surface area (Å²) < 4.78 is 0. The van der Waals surface area contributed by atoms with Crippen LogP contribution in [0.2, 0.25) is 0 Å². The molecule has 0 unspecified atom stereocenters. The van der Waals surface area contributed by atoms with Crippen LogP contribution in [0, 0.1) is 0 Å². The van der Waals surface area contributed by atoms with E-state index in [9.17, 15) is 9.59 Å². The normalized spacial score (nSPS) is 8.70. The summed E-state index contributed by atoms with van der Waals surface area (Å²) in [5.74, 6) is -1.05. The predicted molar refractivity (Wildman–Crippen MR) is 74.6 cm³/mol. The average molecular weight is 307 g/mol. The molecular formula is C16H16O3V. The molecule has 20 heavy (non-hydrogen) atoms. The molecule has 0 aliphatic rings. The van der Waals surface area contributed by atoms with Gasteiger partial charge in [-0.1, -0.05) is 44.2 Å². The number of rotatable bonds is 3. The van der Waals surface area contributed by atoms with Crippen LogP contribution in [0.3, 0.4) is 0 Å². The number of Topliss-reactive ketones (excluding diaryl/α,β-unsaturated/α-hetero) is 2. The topological polar surface area (TPSA) is 54.4 Å². The van der Waals surface area contributed by atoms with E-state index in [1.807, 2.05) is 13.8 Å². The number of phenols is 1. The first-order valence-electron chi connectivity index (χ1n) is 6.11. The monoisotopic (exact) mass is 307 g/mol. The van der Waals surface area contributed by atoms with Crippen LogP contribution in [0.15, 0.2) is 54.6 Å². The fourth-order valence-corrected chi connectivity index (χ4v) is 1.46. The van der Waals surface area contributed by atoms with Crippen LogP contribution >= 0.6 is 0 Å². The van der Waals surface area contributed by atoms with Gasteiger partial charge in [0, 0.05) is 29.7 Å². The molecule has 3 nitrogen and oxygen atoms in total. The molecule has 0 spiro atoms. The summed E-state index contributed by atoms with van der Waals surface area (Å²) in [6.07, 6.45) is 0. The Kier molecular flexibility index (Phi) is 8.29. The smallest absolute Gasteiger partial charge is 0.233 e. The van der Waals surface area contributed by atoms with Crippen LogP contribution in [0.4, 0.5) is 0 Å². The van der Waals surface area contributed by atoms with E-state index < -0.39 is 11.6 Å². The Bertz CT molecular complexity index is 548. The predicted octanol–water partition coefficient (Wildman–Crippen LogP) is 3.48. The van der Waals surface area contributed by atoms with Gasteiger partial charge in [0.1, 0.15) is 5.75 Å². The molecule has 0 fully saturated rings. The second-order valence-electron chi connectivity index (χ2n) is 3.57. The van der Waals surface area contributed by atoms with Crippen LogP contribution in [0.1, 0.15) is 34.6 Å². The molecule has 0 bridgehead atoms. The van der Waals surface area contributed by atoms with Crippen molar-refractivity contribution >= 4 is 11.6 Å². The van der Waals surface area contributed by atoms with E-state index in [1.54, 1.807) is 30.3 Å². The maximum Gasteiger partial charge on any atom is 0.233 e. The molecule has 2 aromatic carbocycles. The van der Waals surface area contributed by atoms with Gasteiger partial charge in [0.25, 0.3) is 0 Å². The number of ketones is 2. The second kappa shape index (κ2) is 9.13. The first-order valence-corrected chi connectivity index (χ1v) is 6.11. The Hall–Kier alpha value is -1.84. The van der Waals surface area contributed by atoms with Crippen molar-refractivity contribution in [1.29, 1.82) is 0 Å². The Balaban J connectivity index is 0.00000115. The van der Waals surface area contributed by atoms with Crippen molar-refractivity contribution in [3.05, 3.63) is 65.7 Å². The largest absolute Gasteiger partial charge is 0.508 e. The molecule has 2 rings (SSSR count). The second-order valence-corrected chi connectivity index (χ2v) is 3.57. The van der Waals surface area contributed by atoms with Crippen LogP contribution in [-0.2, 0) is 18.6 Å². The molecule has 0 atom stereocenters. The van der Waals surface area contributed by atoms with Gasteiger partial charge < -0.3 is 5.11 Å². The molecule has 0 saturated heterocycles. The van der Waals surface area contributed by atoms with Gasteiger partial charge in [-0.25, -0.2) is 0 Å². The standard InChI is InChI=1S/C14H10O3.C2H6.V/c15-12-8-6-11(7-9-12)14(17)13(16)10-4-2-1-3-5-10;1-2;/h1-9,15H;1-2H3;. The minimum atomic E-state index is -0.573. The van der Waals surface area contributed by atoms with E-state index in [2.05, 4.69) is 0 Å². The minimum Gasteiger partial charge on any atom is -0.508 e. The van der Waals surface area contributed by atoms with Gasteiger partial charge >= 0.3 is 0 Å². The van der Waals surface area contributed by atoms with Gasteiger partial charge in [0.2, 0.25) is 11.6 Å². The van der Waals surface area contributed by atoms with E-state index in [1.165, 1.54) is 24.3 Å². The van der Waals surface area contributed by atoms with E-state index in [0.29, 0.717) is 5.56 Å². The van der Waals surface area contributed by atoms with Gasteiger partial charge in [-0.15, -0.1) is 0 Å². The van der Waals surface area contributed by atoms with Crippen molar-refractivity contribution in [3.8, 4) is 5.75 Å². The Morgan fingerprint density at radius 1 is 0.750 bits per heavy atom. The van der Waals surface area contributed by atoms with Gasteiger partial charge in [0.05, 0.1) is 0 Å². The molecule has 0 aromatic heterocycles. The third-order valence-corrected chi connectivity index (χ3v) is 2.37. The summed E-state index contributed by atoms with van der Waals surface area (Å²) >= 11 is 0. The van der Waals surface area contributed by atoms with Crippen LogP contribution in [0.5, 0.6) is 5.75 Å². The Labute approximate surface area is 130 Å². The van der Waals surface area contributed by atoms with Gasteiger partial charge in [-0.3, -0.25) is 9.59 Å². The van der Waals surface area contributed by atoms with Crippen molar-refractivity contribution in [3.63, 3.8) is 0 Å². The van der Waals surface area contributed by atoms with E-state index in [0.717, 1.165) is 0 Å². The fraction of sp³-hybridized carbons (Fsp3) is 0.125. The van der Waals surface area contributed by atoms with Crippen LogP contribution < -0.4 is 0 Å². The minimum absolute atomic E-state index is 0. The summed E-state index contributed by atoms with van der Waals surface area (Å²) in [5, 5.41) is 9.10. The maximum absolute atomic E-state index is 11.8. The number of phenolic OH excluding ortho intramolecular Hbond substituents is 1. The summed E-state index contributed by atoms with van der Waals surface area (Å²) in [6, 6.07) is 14.0. The molecule has 1 radical (unpaired) electrons. The summed E-state index contributed by atoms with van der Waals surface area (Å²) in [7, 11) is 0. The van der Waals surface area contributed by atoms with Crippen LogP contribution in [0.25, 0.3) is 0 Å². The number of hydrogen-bond acceptors (Lipinski definition) is 3. The number of aromatic hydroxyl groups is 1. The zero-order chi connectivity index (χ0) is 14.3. The number of benzene rings is 2. The molecule has 2 aromatic rings. The number of hydrogen-bond donors (Lipinski definition) is 1. The molecular weight excluding hydrogens is 291 g/mol. The van der Waals surface area contributed by atoms with Crippen molar-refractivity contribution in [2.24, 2.45) is 0 Å². The Morgan fingerprint density at radius 2 is 1.15 bits per heavy atom. The summed E-state index contributed by atoms with van der Waals surface area (Å²) in [5.41, 5.74) is 0.641. The Morgan fingerprint density at radius 3 is 1.60 bits per heavy atom. The molecule has 1 N–H and O–H groups in total. The number of carbonyl (C=O) groups excluding carboxylic acids is 2. The van der Waals surface area contributed by atoms with E-state index >= 15 is 0 Å². The quantitative estimate of drug-likeness (QED) is 0.697. The van der Waals surface area contributed by atoms with Crippen molar-refractivity contribution in [2.75, 3.05) is 0 Å². The average Bonchev–Trinajstić information content (AvgIpc) is 2.49. The molecule has 103 valence electrons. The third kappa shape index (κ3) is 4.69. The van der Waals surface area contributed by atoms with Gasteiger partial charge in [0.15, 0.2) is 0 Å². The van der Waals surface area contributed by atoms with Gasteiger partial charge in [-0.05, 0) is 24.3 Å². The fourth-order valence-electron chi connectivity index (χ4n) is 1.46. The molecule has 0 aliphatic heterocycles. The van der Waals surface area contributed by atoms with Crippen LogP contribution in [-0.4, -0.2) is 16.7 Å². The zero-order valence-corrected chi connectivity index (χ0v) is 12.8. The van der Waals surface area contributed by atoms with Crippen molar-refractivity contribution in [1.82, 2.24) is 0 Å². The molecule has 0 heterocycles. The first kappa shape index (κ1) is 18.2. The molecule has 0 amide bonds. The summed E-state index contributed by atoms with van der Waals surface area (Å²) in [6.45, 7) is 4.00.